The van der Waals surface area contributed by atoms with Crippen LogP contribution >= 0.6 is 11.3 Å². The summed E-state index contributed by atoms with van der Waals surface area (Å²) in [7, 11) is 0. The maximum Gasteiger partial charge on any atom is 0.310 e. The predicted octanol–water partition coefficient (Wildman–Crippen LogP) is 3.38. The molecule has 0 unspecified atom stereocenters. The van der Waals surface area contributed by atoms with Gasteiger partial charge < -0.3 is 14.9 Å². The maximum absolute atomic E-state index is 11.4. The lowest BCUT2D eigenvalue weighted by molar-refractivity contribution is -0.151. The van der Waals surface area contributed by atoms with E-state index in [-0.39, 0.29) is 0 Å². The van der Waals surface area contributed by atoms with Gasteiger partial charge in [0.2, 0.25) is 0 Å². The molecule has 0 aromatic carbocycles. The van der Waals surface area contributed by atoms with Gasteiger partial charge in [0.05, 0.1) is 16.0 Å². The zero-order valence-electron chi connectivity index (χ0n) is 12.6. The van der Waals surface area contributed by atoms with Crippen LogP contribution in [0.3, 0.4) is 0 Å². The molecule has 0 atom stereocenters. The van der Waals surface area contributed by atoms with E-state index in [1.807, 2.05) is 37.4 Å². The van der Waals surface area contributed by atoms with E-state index in [1.54, 1.807) is 25.2 Å². The molecule has 114 valence electrons. The second kappa shape index (κ2) is 5.61. The Morgan fingerprint density at radius 2 is 2.14 bits per heavy atom. The molecule has 0 aliphatic heterocycles. The first kappa shape index (κ1) is 15.7. The predicted molar refractivity (Wildman–Crippen MR) is 82.2 cm³/mol. The van der Waals surface area contributed by atoms with Crippen LogP contribution in [0.15, 0.2) is 28.1 Å². The first-order valence-corrected chi connectivity index (χ1v) is 7.60. The molecule has 0 spiro atoms. The SMILES string of the molecule is CC(C)(NCc1cc(-c2cccs2)on1)C(C)(C)C(=O)O. The van der Waals surface area contributed by atoms with Gasteiger partial charge in [0.15, 0.2) is 5.76 Å². The fourth-order valence-electron chi connectivity index (χ4n) is 1.73. The third-order valence-electron chi connectivity index (χ3n) is 4.13. The fourth-order valence-corrected chi connectivity index (χ4v) is 2.40. The number of nitrogens with zero attached hydrogens (tertiary/aromatic N) is 1. The molecule has 0 amide bonds. The standard InChI is InChI=1S/C15H20N2O3S/c1-14(2,13(18)19)15(3,4)16-9-10-8-11(20-17-10)12-6-5-7-21-12/h5-8,16H,9H2,1-4H3,(H,18,19). The van der Waals surface area contributed by atoms with Gasteiger partial charge in [-0.3, -0.25) is 4.79 Å². The molecule has 2 rings (SSSR count). The lowest BCUT2D eigenvalue weighted by Crippen LogP contribution is -2.54. The molecule has 2 aromatic rings. The molecule has 0 bridgehead atoms. The molecular weight excluding hydrogens is 288 g/mol. The fraction of sp³-hybridized carbons (Fsp3) is 0.467. The topological polar surface area (TPSA) is 75.4 Å². The summed E-state index contributed by atoms with van der Waals surface area (Å²) < 4.78 is 5.31. The van der Waals surface area contributed by atoms with Crippen LogP contribution in [0.4, 0.5) is 0 Å². The number of rotatable bonds is 6. The van der Waals surface area contributed by atoms with Crippen molar-refractivity contribution < 1.29 is 14.4 Å². The Morgan fingerprint density at radius 1 is 1.43 bits per heavy atom. The van der Waals surface area contributed by atoms with Gasteiger partial charge in [0.1, 0.15) is 0 Å². The van der Waals surface area contributed by atoms with E-state index in [2.05, 4.69) is 10.5 Å². The van der Waals surface area contributed by atoms with Crippen molar-refractivity contribution in [2.24, 2.45) is 5.41 Å². The van der Waals surface area contributed by atoms with Crippen molar-refractivity contribution >= 4 is 17.3 Å². The smallest absolute Gasteiger partial charge is 0.310 e. The van der Waals surface area contributed by atoms with Gasteiger partial charge in [0.25, 0.3) is 0 Å². The third kappa shape index (κ3) is 3.16. The van der Waals surface area contributed by atoms with Crippen molar-refractivity contribution in [3.05, 3.63) is 29.3 Å². The van der Waals surface area contributed by atoms with Gasteiger partial charge in [-0.1, -0.05) is 11.2 Å². The second-order valence-corrected chi connectivity index (χ2v) is 7.02. The van der Waals surface area contributed by atoms with Gasteiger partial charge in [0, 0.05) is 18.2 Å². The van der Waals surface area contributed by atoms with Crippen LogP contribution in [-0.4, -0.2) is 21.8 Å². The lowest BCUT2D eigenvalue weighted by atomic mass is 9.74. The Kier molecular flexibility index (Phi) is 4.20. The Labute approximate surface area is 128 Å². The summed E-state index contributed by atoms with van der Waals surface area (Å²) in [6, 6.07) is 5.81. The van der Waals surface area contributed by atoms with Crippen molar-refractivity contribution in [1.82, 2.24) is 10.5 Å². The van der Waals surface area contributed by atoms with E-state index in [4.69, 9.17) is 4.52 Å². The Bertz CT molecular complexity index is 615. The summed E-state index contributed by atoms with van der Waals surface area (Å²) in [6.45, 7) is 7.63. The van der Waals surface area contributed by atoms with Crippen LogP contribution in [-0.2, 0) is 11.3 Å². The summed E-state index contributed by atoms with van der Waals surface area (Å²) in [6.07, 6.45) is 0. The summed E-state index contributed by atoms with van der Waals surface area (Å²) in [4.78, 5) is 12.4. The van der Waals surface area contributed by atoms with Gasteiger partial charge >= 0.3 is 5.97 Å². The van der Waals surface area contributed by atoms with E-state index in [0.717, 1.165) is 16.3 Å². The zero-order chi connectivity index (χ0) is 15.7. The van der Waals surface area contributed by atoms with Crippen molar-refractivity contribution in [1.29, 1.82) is 0 Å². The molecule has 0 aliphatic carbocycles. The van der Waals surface area contributed by atoms with Gasteiger partial charge in [-0.15, -0.1) is 11.3 Å². The zero-order valence-corrected chi connectivity index (χ0v) is 13.5. The van der Waals surface area contributed by atoms with Gasteiger partial charge in [-0.2, -0.15) is 0 Å². The highest BCUT2D eigenvalue weighted by molar-refractivity contribution is 7.13. The number of carboxylic acid groups (broad SMARTS) is 1. The van der Waals surface area contributed by atoms with E-state index >= 15 is 0 Å². The minimum atomic E-state index is -0.896. The molecule has 0 aliphatic rings. The van der Waals surface area contributed by atoms with E-state index in [0.29, 0.717) is 6.54 Å². The summed E-state index contributed by atoms with van der Waals surface area (Å²) >= 11 is 1.59. The number of hydrogen-bond acceptors (Lipinski definition) is 5. The molecule has 0 radical (unpaired) electrons. The third-order valence-corrected chi connectivity index (χ3v) is 5.02. The van der Waals surface area contributed by atoms with Crippen LogP contribution in [0.2, 0.25) is 0 Å². The maximum atomic E-state index is 11.4. The number of carboxylic acids is 1. The molecule has 2 heterocycles. The Balaban J connectivity index is 2.05. The number of aliphatic carboxylic acids is 1. The molecule has 2 N–H and O–H groups in total. The number of nitrogens with one attached hydrogen (secondary N) is 1. The summed E-state index contributed by atoms with van der Waals surface area (Å²) in [5, 5.41) is 18.6. The number of carbonyl (C=O) groups is 1. The van der Waals surface area contributed by atoms with E-state index in [9.17, 15) is 9.90 Å². The van der Waals surface area contributed by atoms with E-state index in [1.165, 1.54) is 0 Å². The van der Waals surface area contributed by atoms with Crippen LogP contribution in [0, 0.1) is 5.41 Å². The van der Waals surface area contributed by atoms with Crippen LogP contribution in [0.1, 0.15) is 33.4 Å². The molecule has 0 saturated heterocycles. The largest absolute Gasteiger partial charge is 0.481 e. The Hall–Kier alpha value is -1.66. The average Bonchev–Trinajstić information content (AvgIpc) is 3.07. The van der Waals surface area contributed by atoms with Crippen LogP contribution in [0.25, 0.3) is 10.6 Å². The highest BCUT2D eigenvalue weighted by atomic mass is 32.1. The first-order valence-electron chi connectivity index (χ1n) is 6.72. The summed E-state index contributed by atoms with van der Waals surface area (Å²) in [5.74, 6) is -0.100. The number of thiophene rings is 1. The minimum absolute atomic E-state index is 0.457. The van der Waals surface area contributed by atoms with E-state index < -0.39 is 16.9 Å². The highest BCUT2D eigenvalue weighted by Crippen LogP contribution is 2.31. The first-order chi connectivity index (χ1) is 9.74. The van der Waals surface area contributed by atoms with Crippen molar-refractivity contribution in [2.75, 3.05) is 0 Å². The summed E-state index contributed by atoms with van der Waals surface area (Å²) in [5.41, 5.74) is -0.721. The van der Waals surface area contributed by atoms with Crippen molar-refractivity contribution in [3.63, 3.8) is 0 Å². The monoisotopic (exact) mass is 308 g/mol. The molecule has 6 heteroatoms. The molecule has 2 aromatic heterocycles. The molecule has 5 nitrogen and oxygen atoms in total. The normalized spacial score (nSPS) is 12.6. The molecule has 0 saturated carbocycles. The van der Waals surface area contributed by atoms with Crippen molar-refractivity contribution in [3.8, 4) is 10.6 Å². The molecule has 21 heavy (non-hydrogen) atoms. The van der Waals surface area contributed by atoms with Crippen molar-refractivity contribution in [2.45, 2.75) is 39.8 Å². The molecule has 0 fully saturated rings. The molecular formula is C15H20N2O3S. The van der Waals surface area contributed by atoms with Gasteiger partial charge in [-0.05, 0) is 39.1 Å². The number of aromatic nitrogens is 1. The average molecular weight is 308 g/mol. The van der Waals surface area contributed by atoms with Gasteiger partial charge in [-0.25, -0.2) is 0 Å². The number of hydrogen-bond donors (Lipinski definition) is 2. The lowest BCUT2D eigenvalue weighted by Gasteiger charge is -2.38. The second-order valence-electron chi connectivity index (χ2n) is 6.07. The minimum Gasteiger partial charge on any atom is -0.481 e. The quantitative estimate of drug-likeness (QED) is 0.855. The Morgan fingerprint density at radius 3 is 2.71 bits per heavy atom. The highest BCUT2D eigenvalue weighted by Gasteiger charge is 2.43. The van der Waals surface area contributed by atoms with Crippen LogP contribution in [0.5, 0.6) is 0 Å². The van der Waals surface area contributed by atoms with Crippen LogP contribution < -0.4 is 5.32 Å².